The molecule has 0 unspecified atom stereocenters. The Labute approximate surface area is 95.0 Å². The van der Waals surface area contributed by atoms with Gasteiger partial charge in [-0.1, -0.05) is 0 Å². The number of carbonyl (C=O) groups is 1. The number of nitrogens with zero attached hydrogens (tertiary/aromatic N) is 3. The minimum atomic E-state index is -0.448. The number of nitriles is 1. The van der Waals surface area contributed by atoms with Crippen LogP contribution in [0.1, 0.15) is 30.1 Å². The third-order valence-corrected chi connectivity index (χ3v) is 3.09. The first kappa shape index (κ1) is 10.2. The summed E-state index contributed by atoms with van der Waals surface area (Å²) in [6.07, 6.45) is 2.15. The van der Waals surface area contributed by atoms with Gasteiger partial charge in [0.25, 0.3) is 0 Å². The summed E-state index contributed by atoms with van der Waals surface area (Å²) in [5.41, 5.74) is 6.36. The molecule has 0 spiro atoms. The van der Waals surface area contributed by atoms with Crippen LogP contribution in [0, 0.1) is 11.3 Å². The van der Waals surface area contributed by atoms with E-state index in [0.717, 1.165) is 18.5 Å². The second kappa shape index (κ2) is 3.66. The maximum atomic E-state index is 10.8. The number of aromatic nitrogens is 2. The molecule has 0 radical (unpaired) electrons. The van der Waals surface area contributed by atoms with Crippen molar-refractivity contribution in [2.24, 2.45) is 5.73 Å². The van der Waals surface area contributed by atoms with Gasteiger partial charge < -0.3 is 5.73 Å². The van der Waals surface area contributed by atoms with E-state index in [4.69, 9.17) is 11.0 Å². The molecule has 15 heavy (non-hydrogen) atoms. The molecule has 0 saturated heterocycles. The maximum Gasteiger partial charge on any atom is 0.239 e. The van der Waals surface area contributed by atoms with Crippen molar-refractivity contribution < 1.29 is 4.79 Å². The molecule has 2 rings (SSSR count). The van der Waals surface area contributed by atoms with Crippen LogP contribution in [0.15, 0.2) is 4.47 Å². The molecule has 1 aromatic heterocycles. The van der Waals surface area contributed by atoms with Crippen LogP contribution in [0.5, 0.6) is 0 Å². The fourth-order valence-corrected chi connectivity index (χ4v) is 2.24. The Kier molecular flexibility index (Phi) is 2.49. The van der Waals surface area contributed by atoms with Crippen LogP contribution in [0.25, 0.3) is 0 Å². The van der Waals surface area contributed by atoms with Gasteiger partial charge in [0.1, 0.15) is 12.6 Å². The molecule has 1 aliphatic rings. The minimum Gasteiger partial charge on any atom is -0.368 e. The highest BCUT2D eigenvalue weighted by atomic mass is 79.9. The molecule has 0 bridgehead atoms. The zero-order valence-corrected chi connectivity index (χ0v) is 9.49. The number of primary amides is 1. The molecular formula is C9H9BrN4O. The van der Waals surface area contributed by atoms with E-state index >= 15 is 0 Å². The van der Waals surface area contributed by atoms with Crippen LogP contribution in [-0.2, 0) is 11.3 Å². The van der Waals surface area contributed by atoms with Gasteiger partial charge in [-0.2, -0.15) is 10.4 Å². The monoisotopic (exact) mass is 268 g/mol. The quantitative estimate of drug-likeness (QED) is 0.883. The Morgan fingerprint density at radius 3 is 2.87 bits per heavy atom. The average Bonchev–Trinajstić information content (AvgIpc) is 2.93. The zero-order chi connectivity index (χ0) is 11.0. The summed E-state index contributed by atoms with van der Waals surface area (Å²) in [7, 11) is 0. The Morgan fingerprint density at radius 1 is 1.73 bits per heavy atom. The Morgan fingerprint density at radius 2 is 2.40 bits per heavy atom. The second-order valence-electron chi connectivity index (χ2n) is 3.56. The lowest BCUT2D eigenvalue weighted by molar-refractivity contribution is -0.118. The zero-order valence-electron chi connectivity index (χ0n) is 7.90. The Balaban J connectivity index is 2.43. The van der Waals surface area contributed by atoms with Crippen molar-refractivity contribution in [1.29, 1.82) is 5.26 Å². The van der Waals surface area contributed by atoms with Crippen LogP contribution < -0.4 is 5.73 Å². The van der Waals surface area contributed by atoms with Crippen molar-refractivity contribution >= 4 is 21.8 Å². The molecule has 1 aromatic rings. The molecule has 1 heterocycles. The summed E-state index contributed by atoms with van der Waals surface area (Å²) in [6, 6.07) is 1.98. The van der Waals surface area contributed by atoms with Gasteiger partial charge in [-0.3, -0.25) is 9.48 Å². The molecule has 6 heteroatoms. The lowest BCUT2D eigenvalue weighted by Gasteiger charge is -2.03. The summed E-state index contributed by atoms with van der Waals surface area (Å²) in [5.74, 6) is -0.0373. The highest BCUT2D eigenvalue weighted by Gasteiger charge is 2.31. The molecule has 78 valence electrons. The van der Waals surface area contributed by atoms with Gasteiger partial charge in [-0.05, 0) is 28.8 Å². The van der Waals surface area contributed by atoms with Crippen molar-refractivity contribution in [1.82, 2.24) is 9.78 Å². The van der Waals surface area contributed by atoms with Gasteiger partial charge in [0, 0.05) is 5.92 Å². The van der Waals surface area contributed by atoms with E-state index < -0.39 is 5.91 Å². The van der Waals surface area contributed by atoms with Crippen LogP contribution in [0.4, 0.5) is 0 Å². The largest absolute Gasteiger partial charge is 0.368 e. The van der Waals surface area contributed by atoms with E-state index in [-0.39, 0.29) is 6.54 Å². The van der Waals surface area contributed by atoms with Crippen molar-refractivity contribution in [3.8, 4) is 6.07 Å². The standard InChI is InChI=1S/C9H9BrN4O/c10-8-6(3-11)13-14(4-7(12)15)9(8)5-1-2-5/h5H,1-2,4H2,(H2,12,15). The summed E-state index contributed by atoms with van der Waals surface area (Å²) in [4.78, 5) is 10.8. The third kappa shape index (κ3) is 1.88. The molecular weight excluding hydrogens is 260 g/mol. The molecule has 0 aromatic carbocycles. The van der Waals surface area contributed by atoms with Crippen LogP contribution in [0.3, 0.4) is 0 Å². The molecule has 1 fully saturated rings. The fraction of sp³-hybridized carbons (Fsp3) is 0.444. The van der Waals surface area contributed by atoms with E-state index in [9.17, 15) is 4.79 Å². The van der Waals surface area contributed by atoms with Crippen molar-refractivity contribution in [3.63, 3.8) is 0 Å². The maximum absolute atomic E-state index is 10.8. The molecule has 1 aliphatic carbocycles. The topological polar surface area (TPSA) is 84.7 Å². The fourth-order valence-electron chi connectivity index (χ4n) is 1.54. The SMILES string of the molecule is N#Cc1nn(CC(N)=O)c(C2CC2)c1Br. The first-order valence-electron chi connectivity index (χ1n) is 4.58. The molecule has 2 N–H and O–H groups in total. The van der Waals surface area contributed by atoms with Gasteiger partial charge in [-0.15, -0.1) is 0 Å². The van der Waals surface area contributed by atoms with Gasteiger partial charge in [0.2, 0.25) is 5.91 Å². The minimum absolute atomic E-state index is 0.0338. The summed E-state index contributed by atoms with van der Waals surface area (Å²) in [5, 5.41) is 12.9. The van der Waals surface area contributed by atoms with Crippen molar-refractivity contribution in [2.45, 2.75) is 25.3 Å². The summed E-state index contributed by atoms with van der Waals surface area (Å²) >= 11 is 3.33. The summed E-state index contributed by atoms with van der Waals surface area (Å²) in [6.45, 7) is 0.0338. The first-order valence-corrected chi connectivity index (χ1v) is 5.37. The smallest absolute Gasteiger partial charge is 0.239 e. The van der Waals surface area contributed by atoms with Crippen molar-refractivity contribution in [2.75, 3.05) is 0 Å². The third-order valence-electron chi connectivity index (χ3n) is 2.31. The second-order valence-corrected chi connectivity index (χ2v) is 4.35. The first-order chi connectivity index (χ1) is 7.13. The number of halogens is 1. The predicted molar refractivity (Wildman–Crippen MR) is 55.8 cm³/mol. The van der Waals surface area contributed by atoms with E-state index in [1.807, 2.05) is 6.07 Å². The highest BCUT2D eigenvalue weighted by Crippen LogP contribution is 2.44. The van der Waals surface area contributed by atoms with E-state index in [2.05, 4.69) is 21.0 Å². The Hall–Kier alpha value is -1.35. The average molecular weight is 269 g/mol. The lowest BCUT2D eigenvalue weighted by Crippen LogP contribution is -2.20. The summed E-state index contributed by atoms with van der Waals surface area (Å²) < 4.78 is 2.23. The van der Waals surface area contributed by atoms with Gasteiger partial charge >= 0.3 is 0 Å². The highest BCUT2D eigenvalue weighted by molar-refractivity contribution is 9.10. The molecule has 0 aliphatic heterocycles. The van der Waals surface area contributed by atoms with Gasteiger partial charge in [0.15, 0.2) is 5.69 Å². The number of hydrogen-bond acceptors (Lipinski definition) is 3. The van der Waals surface area contributed by atoms with E-state index in [0.29, 0.717) is 16.1 Å². The molecule has 5 nitrogen and oxygen atoms in total. The van der Waals surface area contributed by atoms with E-state index in [1.165, 1.54) is 4.68 Å². The normalized spacial score (nSPS) is 14.9. The molecule has 1 saturated carbocycles. The number of nitrogens with two attached hydrogens (primary N) is 1. The number of carbonyl (C=O) groups excluding carboxylic acids is 1. The number of hydrogen-bond donors (Lipinski definition) is 1. The lowest BCUT2D eigenvalue weighted by atomic mass is 10.2. The number of amides is 1. The predicted octanol–water partition coefficient (Wildman–Crippen LogP) is 0.880. The van der Waals surface area contributed by atoms with Gasteiger partial charge in [0.05, 0.1) is 10.2 Å². The van der Waals surface area contributed by atoms with Crippen LogP contribution in [-0.4, -0.2) is 15.7 Å². The molecule has 0 atom stereocenters. The van der Waals surface area contributed by atoms with Crippen LogP contribution >= 0.6 is 15.9 Å². The van der Waals surface area contributed by atoms with Crippen LogP contribution in [0.2, 0.25) is 0 Å². The Bertz CT molecular complexity index is 455. The van der Waals surface area contributed by atoms with Gasteiger partial charge in [-0.25, -0.2) is 0 Å². The van der Waals surface area contributed by atoms with Crippen molar-refractivity contribution in [3.05, 3.63) is 15.9 Å². The number of rotatable bonds is 3. The van der Waals surface area contributed by atoms with E-state index in [1.54, 1.807) is 0 Å². The molecule has 1 amide bonds.